The number of carbonyl (C=O) groups excluding carboxylic acids is 2. The van der Waals surface area contributed by atoms with Gasteiger partial charge in [0.25, 0.3) is 5.91 Å². The number of piperidine rings is 1. The average Bonchev–Trinajstić information content (AvgIpc) is 3.59. The monoisotopic (exact) mass is 496 g/mol. The van der Waals surface area contributed by atoms with Gasteiger partial charge in [-0.05, 0) is 43.9 Å². The Morgan fingerprint density at radius 3 is 2.28 bits per heavy atom. The number of methoxy groups -OCH3 is 2. The fourth-order valence-electron chi connectivity index (χ4n) is 5.77. The van der Waals surface area contributed by atoms with Gasteiger partial charge in [-0.15, -0.1) is 0 Å². The highest BCUT2D eigenvalue weighted by atomic mass is 16.5. The molecule has 2 fully saturated rings. The van der Waals surface area contributed by atoms with Gasteiger partial charge in [-0.1, -0.05) is 12.8 Å². The number of nitrogens with zero attached hydrogens (tertiary/aromatic N) is 4. The number of hydrazone groups is 1. The van der Waals surface area contributed by atoms with Gasteiger partial charge in [-0.3, -0.25) is 14.2 Å². The largest absolute Gasteiger partial charge is 0.494 e. The molecule has 2 amide bonds. The van der Waals surface area contributed by atoms with Crippen LogP contribution in [0.25, 0.3) is 0 Å². The molecule has 10 heteroatoms. The van der Waals surface area contributed by atoms with Crippen molar-refractivity contribution in [3.05, 3.63) is 35.9 Å². The lowest BCUT2D eigenvalue weighted by Gasteiger charge is -2.36. The fraction of sp³-hybridized carbons (Fsp3) is 0.500. The number of benzene rings is 1. The van der Waals surface area contributed by atoms with Crippen LogP contribution in [-0.4, -0.2) is 75.6 Å². The SMILES string of the molecule is COc1ccc(C2=NN(C3CCN(C(=O)Cn4c(O)ccc4O)CC3)C(=O)C23CCCC3)cc1OC. The lowest BCUT2D eigenvalue weighted by Crippen LogP contribution is -2.48. The first-order chi connectivity index (χ1) is 17.4. The second-order valence-electron chi connectivity index (χ2n) is 9.71. The Balaban J connectivity index is 1.33. The van der Waals surface area contributed by atoms with Gasteiger partial charge in [0.2, 0.25) is 5.91 Å². The van der Waals surface area contributed by atoms with E-state index in [0.717, 1.165) is 37.0 Å². The third-order valence-corrected chi connectivity index (χ3v) is 7.78. The number of ether oxygens (including phenoxy) is 2. The van der Waals surface area contributed by atoms with E-state index >= 15 is 0 Å². The summed E-state index contributed by atoms with van der Waals surface area (Å²) in [6, 6.07) is 8.27. The number of aromatic nitrogens is 1. The van der Waals surface area contributed by atoms with E-state index in [2.05, 4.69) is 0 Å². The minimum Gasteiger partial charge on any atom is -0.494 e. The highest BCUT2D eigenvalue weighted by molar-refractivity contribution is 6.20. The number of hydrogen-bond acceptors (Lipinski definition) is 7. The summed E-state index contributed by atoms with van der Waals surface area (Å²) in [6.45, 7) is 0.817. The smallest absolute Gasteiger partial charge is 0.255 e. The Labute approximate surface area is 209 Å². The zero-order valence-corrected chi connectivity index (χ0v) is 20.6. The zero-order valence-electron chi connectivity index (χ0n) is 20.6. The third-order valence-electron chi connectivity index (χ3n) is 7.78. The molecule has 1 aromatic carbocycles. The van der Waals surface area contributed by atoms with Crippen molar-refractivity contribution >= 4 is 17.5 Å². The molecule has 2 N–H and O–H groups in total. The van der Waals surface area contributed by atoms with Crippen molar-refractivity contribution < 1.29 is 29.3 Å². The van der Waals surface area contributed by atoms with Crippen LogP contribution >= 0.6 is 0 Å². The summed E-state index contributed by atoms with van der Waals surface area (Å²) in [4.78, 5) is 28.3. The summed E-state index contributed by atoms with van der Waals surface area (Å²) in [5, 5.41) is 26.3. The molecule has 36 heavy (non-hydrogen) atoms. The van der Waals surface area contributed by atoms with E-state index in [0.29, 0.717) is 37.4 Å². The van der Waals surface area contributed by atoms with E-state index in [4.69, 9.17) is 14.6 Å². The summed E-state index contributed by atoms with van der Waals surface area (Å²) in [6.07, 6.45) is 4.74. The molecule has 192 valence electrons. The van der Waals surface area contributed by atoms with Gasteiger partial charge in [-0.25, -0.2) is 5.01 Å². The summed E-state index contributed by atoms with van der Waals surface area (Å²) >= 11 is 0. The molecule has 0 radical (unpaired) electrons. The predicted molar refractivity (Wildman–Crippen MR) is 131 cm³/mol. The minimum atomic E-state index is -0.615. The van der Waals surface area contributed by atoms with Crippen molar-refractivity contribution in [2.75, 3.05) is 27.3 Å². The number of amides is 2. The molecule has 0 unspecified atom stereocenters. The lowest BCUT2D eigenvalue weighted by atomic mass is 9.77. The van der Waals surface area contributed by atoms with Gasteiger partial charge in [0, 0.05) is 30.8 Å². The van der Waals surface area contributed by atoms with Crippen molar-refractivity contribution in [3.8, 4) is 23.3 Å². The predicted octanol–water partition coefficient (Wildman–Crippen LogP) is 2.71. The highest BCUT2D eigenvalue weighted by Crippen LogP contribution is 2.48. The van der Waals surface area contributed by atoms with Crippen LogP contribution in [0.1, 0.15) is 44.1 Å². The normalized spacial score (nSPS) is 19.7. The molecular formula is C26H32N4O6. The second kappa shape index (κ2) is 9.40. The van der Waals surface area contributed by atoms with Crippen LogP contribution in [0.3, 0.4) is 0 Å². The van der Waals surface area contributed by atoms with E-state index in [1.54, 1.807) is 24.1 Å². The Hall–Kier alpha value is -3.69. The molecule has 1 saturated heterocycles. The zero-order chi connectivity index (χ0) is 25.4. The summed E-state index contributed by atoms with van der Waals surface area (Å²) in [7, 11) is 3.18. The topological polar surface area (TPSA) is 117 Å². The Morgan fingerprint density at radius 1 is 1.03 bits per heavy atom. The number of likely N-dealkylation sites (tertiary alicyclic amines) is 1. The Morgan fingerprint density at radius 2 is 1.67 bits per heavy atom. The number of rotatable bonds is 6. The van der Waals surface area contributed by atoms with Crippen LogP contribution in [0.2, 0.25) is 0 Å². The minimum absolute atomic E-state index is 0.0525. The first-order valence-corrected chi connectivity index (χ1v) is 12.4. The van der Waals surface area contributed by atoms with Gasteiger partial charge in [0.05, 0.1) is 31.4 Å². The number of carbonyl (C=O) groups is 2. The number of hydrogen-bond donors (Lipinski definition) is 2. The summed E-state index contributed by atoms with van der Waals surface area (Å²) in [5.41, 5.74) is 1.04. The molecule has 1 spiro atoms. The second-order valence-corrected chi connectivity index (χ2v) is 9.71. The molecule has 5 rings (SSSR count). The van der Waals surface area contributed by atoms with Gasteiger partial charge < -0.3 is 24.6 Å². The van der Waals surface area contributed by atoms with Crippen LogP contribution in [0.15, 0.2) is 35.4 Å². The van der Waals surface area contributed by atoms with Crippen LogP contribution in [0.4, 0.5) is 0 Å². The average molecular weight is 497 g/mol. The van der Waals surface area contributed by atoms with Crippen molar-refractivity contribution in [2.24, 2.45) is 10.5 Å². The molecule has 0 bridgehead atoms. The van der Waals surface area contributed by atoms with Gasteiger partial charge in [0.1, 0.15) is 6.54 Å². The van der Waals surface area contributed by atoms with Crippen molar-refractivity contribution in [1.82, 2.24) is 14.5 Å². The van der Waals surface area contributed by atoms with E-state index in [1.165, 1.54) is 16.7 Å². The fourth-order valence-corrected chi connectivity index (χ4v) is 5.77. The first kappa shape index (κ1) is 24.0. The Bertz CT molecular complexity index is 1170. The number of aromatic hydroxyl groups is 2. The highest BCUT2D eigenvalue weighted by Gasteiger charge is 2.54. The maximum atomic E-state index is 13.8. The Kier molecular flexibility index (Phi) is 6.27. The van der Waals surface area contributed by atoms with Crippen LogP contribution < -0.4 is 9.47 Å². The van der Waals surface area contributed by atoms with Crippen molar-refractivity contribution in [1.29, 1.82) is 0 Å². The van der Waals surface area contributed by atoms with E-state index in [1.807, 2.05) is 18.2 Å². The molecule has 0 atom stereocenters. The summed E-state index contributed by atoms with van der Waals surface area (Å²) < 4.78 is 12.0. The molecule has 10 nitrogen and oxygen atoms in total. The molecule has 1 saturated carbocycles. The maximum Gasteiger partial charge on any atom is 0.255 e. The van der Waals surface area contributed by atoms with E-state index < -0.39 is 5.41 Å². The molecule has 1 aromatic heterocycles. The first-order valence-electron chi connectivity index (χ1n) is 12.4. The van der Waals surface area contributed by atoms with E-state index in [9.17, 15) is 19.8 Å². The van der Waals surface area contributed by atoms with Crippen molar-refractivity contribution in [2.45, 2.75) is 51.1 Å². The van der Waals surface area contributed by atoms with Gasteiger partial charge in [-0.2, -0.15) is 5.10 Å². The quantitative estimate of drug-likeness (QED) is 0.635. The lowest BCUT2D eigenvalue weighted by molar-refractivity contribution is -0.140. The third kappa shape index (κ3) is 3.94. The molecular weight excluding hydrogens is 464 g/mol. The van der Waals surface area contributed by atoms with E-state index in [-0.39, 0.29) is 36.2 Å². The van der Waals surface area contributed by atoms with Gasteiger partial charge >= 0.3 is 0 Å². The van der Waals surface area contributed by atoms with Crippen molar-refractivity contribution in [3.63, 3.8) is 0 Å². The molecule has 3 aliphatic rings. The molecule has 2 aliphatic heterocycles. The van der Waals surface area contributed by atoms with Crippen LogP contribution in [-0.2, 0) is 16.1 Å². The summed E-state index contributed by atoms with van der Waals surface area (Å²) in [5.74, 6) is 0.779. The maximum absolute atomic E-state index is 13.8. The molecule has 3 heterocycles. The van der Waals surface area contributed by atoms with Gasteiger partial charge in [0.15, 0.2) is 23.3 Å². The standard InChI is InChI=1S/C26H32N4O6/c1-35-19-6-5-17(15-20(19)36-2)24-26(11-3-4-12-26)25(34)30(27-24)18-9-13-28(14-10-18)23(33)16-29-21(31)7-8-22(29)32/h5-8,15,18,31-32H,3-4,9-14,16H2,1-2H3. The van der Waals surface area contributed by atoms with Crippen LogP contribution in [0.5, 0.6) is 23.3 Å². The van der Waals surface area contributed by atoms with Crippen LogP contribution in [0, 0.1) is 5.41 Å². The molecule has 1 aliphatic carbocycles. The molecule has 2 aromatic rings.